The molecule has 1 aliphatic rings. The first-order valence-electron chi connectivity index (χ1n) is 7.08. The van der Waals surface area contributed by atoms with Crippen molar-refractivity contribution >= 4 is 27.4 Å². The van der Waals surface area contributed by atoms with E-state index in [1.54, 1.807) is 4.52 Å². The molecular weight excluding hydrogens is 346 g/mol. The molecule has 3 heterocycles. The molecule has 1 aliphatic heterocycles. The van der Waals surface area contributed by atoms with Gasteiger partial charge in [0.05, 0.1) is 6.61 Å². The Morgan fingerprint density at radius 2 is 2.23 bits per heavy atom. The van der Waals surface area contributed by atoms with Crippen LogP contribution in [0.5, 0.6) is 5.75 Å². The van der Waals surface area contributed by atoms with Crippen molar-refractivity contribution in [2.24, 2.45) is 0 Å². The minimum absolute atomic E-state index is 0.654. The van der Waals surface area contributed by atoms with E-state index in [-0.39, 0.29) is 0 Å². The molecule has 0 radical (unpaired) electrons. The van der Waals surface area contributed by atoms with Crippen molar-refractivity contribution in [2.75, 3.05) is 11.9 Å². The normalized spacial score (nSPS) is 13.2. The molecule has 1 N–H and O–H groups in total. The summed E-state index contributed by atoms with van der Waals surface area (Å²) >= 11 is 3.56. The van der Waals surface area contributed by atoms with E-state index < -0.39 is 0 Å². The highest BCUT2D eigenvalue weighted by Crippen LogP contribution is 2.33. The molecular formula is C15H14BrN5O. The zero-order valence-corrected chi connectivity index (χ0v) is 13.6. The second-order valence-electron chi connectivity index (χ2n) is 5.24. The van der Waals surface area contributed by atoms with Crippen molar-refractivity contribution in [3.8, 4) is 5.75 Å². The number of aromatic nitrogens is 4. The average Bonchev–Trinajstić information content (AvgIpc) is 3.12. The number of halogens is 1. The van der Waals surface area contributed by atoms with Gasteiger partial charge in [-0.3, -0.25) is 0 Å². The quantitative estimate of drug-likeness (QED) is 0.778. The predicted octanol–water partition coefficient (Wildman–Crippen LogP) is 2.74. The van der Waals surface area contributed by atoms with E-state index in [0.29, 0.717) is 6.54 Å². The second kappa shape index (κ2) is 5.24. The van der Waals surface area contributed by atoms with Crippen LogP contribution in [-0.2, 0) is 13.0 Å². The number of ether oxygens (including phenoxy) is 1. The van der Waals surface area contributed by atoms with Gasteiger partial charge in [-0.2, -0.15) is 4.52 Å². The topological polar surface area (TPSA) is 64.3 Å². The van der Waals surface area contributed by atoms with Crippen LogP contribution in [0.3, 0.4) is 0 Å². The van der Waals surface area contributed by atoms with E-state index in [1.165, 1.54) is 5.56 Å². The van der Waals surface area contributed by atoms with E-state index in [2.05, 4.69) is 48.7 Å². The van der Waals surface area contributed by atoms with Crippen LogP contribution in [0.25, 0.3) is 5.65 Å². The highest BCUT2D eigenvalue weighted by atomic mass is 79.9. The Morgan fingerprint density at radius 1 is 1.32 bits per heavy atom. The first kappa shape index (κ1) is 13.5. The molecule has 0 fully saturated rings. The zero-order chi connectivity index (χ0) is 15.1. The number of hydrogen-bond donors (Lipinski definition) is 1. The van der Waals surface area contributed by atoms with Gasteiger partial charge in [-0.15, -0.1) is 15.3 Å². The van der Waals surface area contributed by atoms with Crippen LogP contribution in [0.1, 0.15) is 17.0 Å². The fourth-order valence-corrected chi connectivity index (χ4v) is 3.21. The van der Waals surface area contributed by atoms with Crippen molar-refractivity contribution in [3.05, 3.63) is 45.7 Å². The molecule has 1 aromatic carbocycles. The van der Waals surface area contributed by atoms with Crippen LogP contribution in [-0.4, -0.2) is 26.4 Å². The van der Waals surface area contributed by atoms with Gasteiger partial charge < -0.3 is 10.1 Å². The molecule has 112 valence electrons. The van der Waals surface area contributed by atoms with Gasteiger partial charge in [-0.05, 0) is 36.8 Å². The molecule has 0 bridgehead atoms. The standard InChI is InChI=1S/C15H14BrN5O/c1-9-18-19-14-3-2-13(20-21(9)14)17-8-11-7-12(16)6-10-4-5-22-15(10)11/h2-3,6-7H,4-5,8H2,1H3,(H,17,20). The monoisotopic (exact) mass is 359 g/mol. The Labute approximate surface area is 135 Å². The first-order chi connectivity index (χ1) is 10.7. The molecule has 0 atom stereocenters. The summed E-state index contributed by atoms with van der Waals surface area (Å²) in [5, 5.41) is 15.9. The zero-order valence-electron chi connectivity index (χ0n) is 12.0. The molecule has 0 spiro atoms. The lowest BCUT2D eigenvalue weighted by Crippen LogP contribution is -2.06. The average molecular weight is 360 g/mol. The SMILES string of the molecule is Cc1nnc2ccc(NCc3cc(Br)cc4c3OCC4)nn12. The van der Waals surface area contributed by atoms with Gasteiger partial charge in [0.1, 0.15) is 11.6 Å². The number of benzene rings is 1. The predicted molar refractivity (Wildman–Crippen MR) is 86.2 cm³/mol. The fraction of sp³-hybridized carbons (Fsp3) is 0.267. The summed E-state index contributed by atoms with van der Waals surface area (Å²) in [7, 11) is 0. The lowest BCUT2D eigenvalue weighted by atomic mass is 10.1. The van der Waals surface area contributed by atoms with E-state index in [9.17, 15) is 0 Å². The van der Waals surface area contributed by atoms with E-state index in [1.807, 2.05) is 19.1 Å². The molecule has 2 aromatic heterocycles. The van der Waals surface area contributed by atoms with E-state index in [4.69, 9.17) is 4.74 Å². The summed E-state index contributed by atoms with van der Waals surface area (Å²) in [4.78, 5) is 0. The smallest absolute Gasteiger partial charge is 0.178 e. The minimum Gasteiger partial charge on any atom is -0.493 e. The summed E-state index contributed by atoms with van der Waals surface area (Å²) < 4.78 is 8.55. The Hall–Kier alpha value is -2.15. The van der Waals surface area contributed by atoms with Crippen molar-refractivity contribution in [2.45, 2.75) is 19.9 Å². The number of anilines is 1. The van der Waals surface area contributed by atoms with Gasteiger partial charge in [0, 0.05) is 23.0 Å². The van der Waals surface area contributed by atoms with Crippen LogP contribution in [0.4, 0.5) is 5.82 Å². The summed E-state index contributed by atoms with van der Waals surface area (Å²) in [6, 6.07) is 8.01. The third kappa shape index (κ3) is 2.31. The van der Waals surface area contributed by atoms with Gasteiger partial charge in [0.15, 0.2) is 11.5 Å². The summed E-state index contributed by atoms with van der Waals surface area (Å²) in [5.41, 5.74) is 3.13. The Bertz CT molecular complexity index is 861. The molecule has 0 saturated heterocycles. The largest absolute Gasteiger partial charge is 0.493 e. The molecule has 6 nitrogen and oxygen atoms in total. The summed E-state index contributed by atoms with van der Waals surface area (Å²) in [6.07, 6.45) is 0.964. The lowest BCUT2D eigenvalue weighted by molar-refractivity contribution is 0.354. The minimum atomic E-state index is 0.654. The van der Waals surface area contributed by atoms with Crippen molar-refractivity contribution in [1.29, 1.82) is 0 Å². The Morgan fingerprint density at radius 3 is 3.14 bits per heavy atom. The van der Waals surface area contributed by atoms with E-state index in [0.717, 1.165) is 46.1 Å². The fourth-order valence-electron chi connectivity index (χ4n) is 2.65. The molecule has 7 heteroatoms. The number of rotatable bonds is 3. The molecule has 4 rings (SSSR count). The summed E-state index contributed by atoms with van der Waals surface area (Å²) in [5.74, 6) is 2.55. The molecule has 0 unspecified atom stereocenters. The van der Waals surface area contributed by atoms with Gasteiger partial charge in [-0.1, -0.05) is 15.9 Å². The van der Waals surface area contributed by atoms with Crippen molar-refractivity contribution in [3.63, 3.8) is 0 Å². The third-order valence-corrected chi connectivity index (χ3v) is 4.16. The molecule has 22 heavy (non-hydrogen) atoms. The number of fused-ring (bicyclic) bond motifs is 2. The molecule has 3 aromatic rings. The van der Waals surface area contributed by atoms with Crippen molar-refractivity contribution < 1.29 is 4.74 Å². The maximum atomic E-state index is 5.74. The molecule has 0 amide bonds. The first-order valence-corrected chi connectivity index (χ1v) is 7.87. The van der Waals surface area contributed by atoms with Gasteiger partial charge in [0.2, 0.25) is 0 Å². The van der Waals surface area contributed by atoms with Crippen LogP contribution in [0, 0.1) is 6.92 Å². The van der Waals surface area contributed by atoms with Gasteiger partial charge in [-0.25, -0.2) is 0 Å². The van der Waals surface area contributed by atoms with E-state index >= 15 is 0 Å². The molecule has 0 aliphatic carbocycles. The maximum absolute atomic E-state index is 5.74. The number of nitrogens with zero attached hydrogens (tertiary/aromatic N) is 4. The van der Waals surface area contributed by atoms with Crippen molar-refractivity contribution in [1.82, 2.24) is 19.8 Å². The summed E-state index contributed by atoms with van der Waals surface area (Å²) in [6.45, 7) is 3.29. The van der Waals surface area contributed by atoms with Crippen LogP contribution >= 0.6 is 15.9 Å². The number of nitrogens with one attached hydrogen (secondary N) is 1. The van der Waals surface area contributed by atoms with Crippen LogP contribution in [0.15, 0.2) is 28.7 Å². The number of aryl methyl sites for hydroxylation is 1. The van der Waals surface area contributed by atoms with Crippen LogP contribution < -0.4 is 10.1 Å². The third-order valence-electron chi connectivity index (χ3n) is 3.70. The van der Waals surface area contributed by atoms with Crippen LogP contribution in [0.2, 0.25) is 0 Å². The molecule has 0 saturated carbocycles. The Kier molecular flexibility index (Phi) is 3.22. The second-order valence-corrected chi connectivity index (χ2v) is 6.16. The highest BCUT2D eigenvalue weighted by molar-refractivity contribution is 9.10. The van der Waals surface area contributed by atoms with Gasteiger partial charge in [0.25, 0.3) is 0 Å². The lowest BCUT2D eigenvalue weighted by Gasteiger charge is -2.11. The maximum Gasteiger partial charge on any atom is 0.178 e. The number of hydrogen-bond acceptors (Lipinski definition) is 5. The van der Waals surface area contributed by atoms with Gasteiger partial charge >= 0.3 is 0 Å². The Balaban J connectivity index is 1.60. The highest BCUT2D eigenvalue weighted by Gasteiger charge is 2.17.